The van der Waals surface area contributed by atoms with Gasteiger partial charge in [0.2, 0.25) is 0 Å². The molecule has 0 aliphatic carbocycles. The van der Waals surface area contributed by atoms with Gasteiger partial charge in [-0.25, -0.2) is 4.79 Å². The van der Waals surface area contributed by atoms with E-state index in [0.29, 0.717) is 39.2 Å². The van der Waals surface area contributed by atoms with Crippen LogP contribution in [0.5, 0.6) is 0 Å². The van der Waals surface area contributed by atoms with E-state index in [-0.39, 0.29) is 6.09 Å². The Morgan fingerprint density at radius 1 is 0.871 bits per heavy atom. The molecule has 1 aliphatic rings. The topological polar surface area (TPSA) is 32.8 Å². The first kappa shape index (κ1) is 21.0. The van der Waals surface area contributed by atoms with Gasteiger partial charge in [0.25, 0.3) is 0 Å². The van der Waals surface area contributed by atoms with E-state index in [1.165, 1.54) is 17.5 Å². The maximum absolute atomic E-state index is 12.7. The molecule has 0 unspecified atom stereocenters. The fraction of sp³-hybridized carbons (Fsp3) is 0.292. The summed E-state index contributed by atoms with van der Waals surface area (Å²) in [6.07, 6.45) is -4.05. The van der Waals surface area contributed by atoms with Crippen LogP contribution in [0.25, 0.3) is 10.8 Å². The molecule has 0 saturated carbocycles. The normalized spacial score (nSPS) is 14.7. The molecule has 31 heavy (non-hydrogen) atoms. The number of amides is 1. The highest BCUT2D eigenvalue weighted by atomic mass is 19.4. The van der Waals surface area contributed by atoms with Gasteiger partial charge in [0.15, 0.2) is 0 Å². The number of halogens is 3. The molecule has 0 radical (unpaired) electrons. The molecule has 0 spiro atoms. The lowest BCUT2D eigenvalue weighted by Gasteiger charge is -2.35. The third-order valence-corrected chi connectivity index (χ3v) is 5.53. The number of piperazine rings is 1. The highest BCUT2D eigenvalue weighted by Crippen LogP contribution is 2.30. The van der Waals surface area contributed by atoms with Crippen LogP contribution in [0, 0.1) is 0 Å². The fourth-order valence-electron chi connectivity index (χ4n) is 3.75. The van der Waals surface area contributed by atoms with E-state index in [9.17, 15) is 18.0 Å². The van der Waals surface area contributed by atoms with E-state index in [1.807, 2.05) is 23.1 Å². The summed E-state index contributed by atoms with van der Waals surface area (Å²) in [5.41, 5.74) is 1.17. The van der Waals surface area contributed by atoms with E-state index in [2.05, 4.69) is 24.3 Å². The van der Waals surface area contributed by atoms with Crippen molar-refractivity contribution in [2.45, 2.75) is 12.6 Å². The van der Waals surface area contributed by atoms with Crippen molar-refractivity contribution in [1.29, 1.82) is 0 Å². The Bertz CT molecular complexity index is 1040. The Kier molecular flexibility index (Phi) is 6.02. The summed E-state index contributed by atoms with van der Waals surface area (Å²) >= 11 is 0. The smallest absolute Gasteiger partial charge is 0.416 e. The van der Waals surface area contributed by atoms with Crippen LogP contribution in [0.4, 0.5) is 23.7 Å². The predicted octanol–water partition coefficient (Wildman–Crippen LogP) is 5.36. The lowest BCUT2D eigenvalue weighted by molar-refractivity contribution is -0.137. The number of fused-ring (bicyclic) bond motifs is 1. The summed E-state index contributed by atoms with van der Waals surface area (Å²) in [5, 5.41) is 2.33. The average molecular weight is 428 g/mol. The molecule has 1 saturated heterocycles. The van der Waals surface area contributed by atoms with Crippen LogP contribution in [0.3, 0.4) is 0 Å². The van der Waals surface area contributed by atoms with Gasteiger partial charge in [-0.1, -0.05) is 42.5 Å². The van der Waals surface area contributed by atoms with Crippen molar-refractivity contribution >= 4 is 22.6 Å². The monoisotopic (exact) mass is 428 g/mol. The molecule has 4 rings (SSSR count). The molecule has 4 nitrogen and oxygen atoms in total. The molecule has 1 aliphatic heterocycles. The lowest BCUT2D eigenvalue weighted by atomic mass is 10.1. The van der Waals surface area contributed by atoms with Gasteiger partial charge in [0.05, 0.1) is 12.2 Å². The minimum Gasteiger partial charge on any atom is -0.449 e. The second kappa shape index (κ2) is 8.88. The summed E-state index contributed by atoms with van der Waals surface area (Å²) < 4.78 is 43.6. The molecule has 1 heterocycles. The Hall–Kier alpha value is -3.22. The van der Waals surface area contributed by atoms with E-state index < -0.39 is 11.7 Å². The fourth-order valence-corrected chi connectivity index (χ4v) is 3.75. The van der Waals surface area contributed by atoms with Crippen molar-refractivity contribution in [1.82, 2.24) is 4.90 Å². The van der Waals surface area contributed by atoms with Gasteiger partial charge in [-0.3, -0.25) is 0 Å². The second-order valence-corrected chi connectivity index (χ2v) is 7.56. The number of alkyl halides is 3. The molecular formula is C24H23F3N2O2. The van der Waals surface area contributed by atoms with Gasteiger partial charge in [0.1, 0.15) is 0 Å². The molecule has 3 aromatic carbocycles. The van der Waals surface area contributed by atoms with Crippen LogP contribution in [-0.4, -0.2) is 43.8 Å². The summed E-state index contributed by atoms with van der Waals surface area (Å²) in [6, 6.07) is 19.4. The number of carbonyl (C=O) groups is 1. The van der Waals surface area contributed by atoms with Gasteiger partial charge in [-0.15, -0.1) is 0 Å². The van der Waals surface area contributed by atoms with Crippen molar-refractivity contribution in [2.24, 2.45) is 0 Å². The predicted molar refractivity (Wildman–Crippen MR) is 114 cm³/mol. The van der Waals surface area contributed by atoms with E-state index in [0.717, 1.165) is 28.8 Å². The highest BCUT2D eigenvalue weighted by Gasteiger charge is 2.30. The molecule has 7 heteroatoms. The summed E-state index contributed by atoms with van der Waals surface area (Å²) in [4.78, 5) is 16.0. The van der Waals surface area contributed by atoms with Crippen LogP contribution in [0.2, 0.25) is 0 Å². The molecule has 1 amide bonds. The number of nitrogens with zero attached hydrogens (tertiary/aromatic N) is 2. The molecule has 0 aromatic heterocycles. The van der Waals surface area contributed by atoms with E-state index in [4.69, 9.17) is 4.74 Å². The molecule has 3 aromatic rings. The van der Waals surface area contributed by atoms with Crippen molar-refractivity contribution in [2.75, 3.05) is 37.7 Å². The third-order valence-electron chi connectivity index (χ3n) is 5.53. The summed E-state index contributed by atoms with van der Waals surface area (Å²) in [5.74, 6) is 0. The SMILES string of the molecule is O=C(OCCc1ccc2ccccc2c1)N1CCN(c2ccc(C(F)(F)F)cc2)CC1. The summed E-state index contributed by atoms with van der Waals surface area (Å²) in [6.45, 7) is 2.33. The standard InChI is InChI=1S/C24H23F3N2O2/c25-24(26,27)21-7-9-22(10-8-21)28-12-14-29(15-13-28)23(30)31-16-11-18-5-6-19-3-1-2-4-20(19)17-18/h1-10,17H,11-16H2. The number of benzene rings is 3. The minimum atomic E-state index is -4.34. The van der Waals surface area contributed by atoms with Crippen molar-refractivity contribution in [3.05, 3.63) is 77.9 Å². The number of rotatable bonds is 4. The molecule has 0 bridgehead atoms. The number of hydrogen-bond donors (Lipinski definition) is 0. The molecule has 0 atom stereocenters. The van der Waals surface area contributed by atoms with Gasteiger partial charge in [-0.05, 0) is 40.6 Å². The van der Waals surface area contributed by atoms with Crippen LogP contribution < -0.4 is 4.90 Å². The lowest BCUT2D eigenvalue weighted by Crippen LogP contribution is -2.49. The molecular weight excluding hydrogens is 405 g/mol. The number of hydrogen-bond acceptors (Lipinski definition) is 3. The number of ether oxygens (including phenoxy) is 1. The van der Waals surface area contributed by atoms with Gasteiger partial charge < -0.3 is 14.5 Å². The Labute approximate surface area is 178 Å². The first-order valence-electron chi connectivity index (χ1n) is 10.2. The molecule has 162 valence electrons. The van der Waals surface area contributed by atoms with Crippen LogP contribution in [0.15, 0.2) is 66.7 Å². The number of carbonyl (C=O) groups excluding carboxylic acids is 1. The Morgan fingerprint density at radius 3 is 2.23 bits per heavy atom. The minimum absolute atomic E-state index is 0.302. The third kappa shape index (κ3) is 5.10. The average Bonchev–Trinajstić information content (AvgIpc) is 2.78. The van der Waals surface area contributed by atoms with Crippen LogP contribution >= 0.6 is 0 Å². The van der Waals surface area contributed by atoms with Crippen LogP contribution in [-0.2, 0) is 17.3 Å². The quantitative estimate of drug-likeness (QED) is 0.561. The Morgan fingerprint density at radius 2 is 1.55 bits per heavy atom. The Balaban J connectivity index is 1.24. The number of anilines is 1. The second-order valence-electron chi connectivity index (χ2n) is 7.56. The van der Waals surface area contributed by atoms with Gasteiger partial charge in [-0.2, -0.15) is 13.2 Å². The molecule has 1 fully saturated rings. The summed E-state index contributed by atoms with van der Waals surface area (Å²) in [7, 11) is 0. The first-order valence-corrected chi connectivity index (χ1v) is 10.2. The van der Waals surface area contributed by atoms with E-state index >= 15 is 0 Å². The maximum atomic E-state index is 12.7. The zero-order valence-corrected chi connectivity index (χ0v) is 16.9. The van der Waals surface area contributed by atoms with Crippen molar-refractivity contribution in [3.63, 3.8) is 0 Å². The zero-order valence-electron chi connectivity index (χ0n) is 16.9. The zero-order chi connectivity index (χ0) is 21.8. The van der Waals surface area contributed by atoms with Gasteiger partial charge in [0, 0.05) is 38.3 Å². The molecule has 0 N–H and O–H groups in total. The van der Waals surface area contributed by atoms with Gasteiger partial charge >= 0.3 is 12.3 Å². The van der Waals surface area contributed by atoms with Crippen LogP contribution in [0.1, 0.15) is 11.1 Å². The van der Waals surface area contributed by atoms with Crippen molar-refractivity contribution < 1.29 is 22.7 Å². The van der Waals surface area contributed by atoms with Crippen molar-refractivity contribution in [3.8, 4) is 0 Å². The first-order chi connectivity index (χ1) is 14.9. The maximum Gasteiger partial charge on any atom is 0.416 e. The largest absolute Gasteiger partial charge is 0.449 e. The van der Waals surface area contributed by atoms with E-state index in [1.54, 1.807) is 4.90 Å². The highest BCUT2D eigenvalue weighted by molar-refractivity contribution is 5.83.